The fourth-order valence-corrected chi connectivity index (χ4v) is 2.86. The number of anilines is 1. The molecule has 2 N–H and O–H groups in total. The molecule has 0 aliphatic carbocycles. The molecule has 1 aromatic rings. The summed E-state index contributed by atoms with van der Waals surface area (Å²) in [7, 11) is 0. The largest absolute Gasteiger partial charge is 0.343 e. The van der Waals surface area contributed by atoms with Crippen molar-refractivity contribution >= 4 is 52.5 Å². The van der Waals surface area contributed by atoms with Crippen molar-refractivity contribution < 1.29 is 9.59 Å². The fraction of sp³-hybridized carbons (Fsp3) is 0.273. The Balaban J connectivity index is 2.09. The summed E-state index contributed by atoms with van der Waals surface area (Å²) in [5, 5.41) is 5.99. The van der Waals surface area contributed by atoms with Crippen LogP contribution in [0.5, 0.6) is 0 Å². The van der Waals surface area contributed by atoms with Crippen LogP contribution >= 0.6 is 35.0 Å². The maximum atomic E-state index is 12.0. The molecule has 2 amide bonds. The van der Waals surface area contributed by atoms with Gasteiger partial charge in [-0.3, -0.25) is 9.59 Å². The van der Waals surface area contributed by atoms with Crippen LogP contribution in [0.15, 0.2) is 18.2 Å². The van der Waals surface area contributed by atoms with Gasteiger partial charge >= 0.3 is 0 Å². The highest BCUT2D eigenvalue weighted by Gasteiger charge is 2.25. The van der Waals surface area contributed by atoms with E-state index in [-0.39, 0.29) is 11.8 Å². The van der Waals surface area contributed by atoms with E-state index in [1.165, 1.54) is 11.8 Å². The molecule has 1 aliphatic rings. The lowest BCUT2D eigenvalue weighted by Crippen LogP contribution is -2.49. The third-order valence-corrected chi connectivity index (χ3v) is 4.05. The van der Waals surface area contributed by atoms with E-state index in [0.717, 1.165) is 0 Å². The lowest BCUT2D eigenvalue weighted by atomic mass is 10.2. The van der Waals surface area contributed by atoms with E-state index in [9.17, 15) is 9.59 Å². The molecular weight excluding hydrogens is 295 g/mol. The monoisotopic (exact) mass is 304 g/mol. The Morgan fingerprint density at radius 2 is 2.06 bits per heavy atom. The lowest BCUT2D eigenvalue weighted by molar-refractivity contribution is -0.124. The smallest absolute Gasteiger partial charge is 0.247 e. The number of para-hydroxylation sites is 1. The van der Waals surface area contributed by atoms with Crippen molar-refractivity contribution in [2.24, 2.45) is 0 Å². The summed E-state index contributed by atoms with van der Waals surface area (Å²) in [6, 6.07) is 4.41. The Hall–Kier alpha value is -0.910. The molecule has 0 radical (unpaired) electrons. The average molecular weight is 305 g/mol. The zero-order valence-corrected chi connectivity index (χ0v) is 11.5. The van der Waals surface area contributed by atoms with Gasteiger partial charge in [-0.05, 0) is 12.1 Å². The zero-order valence-electron chi connectivity index (χ0n) is 9.20. The molecule has 0 bridgehead atoms. The van der Waals surface area contributed by atoms with E-state index in [1.54, 1.807) is 18.2 Å². The summed E-state index contributed by atoms with van der Waals surface area (Å²) in [5.74, 6) is 0.471. The molecule has 7 heteroatoms. The van der Waals surface area contributed by atoms with Crippen LogP contribution in [-0.2, 0) is 9.59 Å². The Morgan fingerprint density at radius 3 is 2.67 bits per heavy atom. The molecule has 1 fully saturated rings. The minimum absolute atomic E-state index is 0.142. The second-order valence-corrected chi connectivity index (χ2v) is 5.57. The molecule has 4 nitrogen and oxygen atoms in total. The number of amides is 2. The maximum absolute atomic E-state index is 12.0. The molecule has 1 aliphatic heterocycles. The van der Waals surface area contributed by atoms with Gasteiger partial charge in [0.2, 0.25) is 11.8 Å². The Bertz CT molecular complexity index is 476. The van der Waals surface area contributed by atoms with Crippen molar-refractivity contribution in [3.8, 4) is 0 Å². The molecule has 1 saturated heterocycles. The second kappa shape index (κ2) is 5.82. The van der Waals surface area contributed by atoms with Crippen molar-refractivity contribution in [2.45, 2.75) is 6.04 Å². The molecular formula is C11H10Cl2N2O2S. The first-order valence-electron chi connectivity index (χ1n) is 5.20. The normalized spacial score (nSPS) is 19.2. The summed E-state index contributed by atoms with van der Waals surface area (Å²) < 4.78 is 0. The predicted molar refractivity (Wildman–Crippen MR) is 74.3 cm³/mol. The third kappa shape index (κ3) is 3.10. The van der Waals surface area contributed by atoms with Crippen LogP contribution in [-0.4, -0.2) is 29.4 Å². The van der Waals surface area contributed by atoms with Gasteiger partial charge in [-0.15, -0.1) is 11.8 Å². The van der Waals surface area contributed by atoms with Crippen molar-refractivity contribution in [1.82, 2.24) is 5.32 Å². The van der Waals surface area contributed by atoms with Crippen molar-refractivity contribution in [1.29, 1.82) is 0 Å². The molecule has 0 saturated carbocycles. The van der Waals surface area contributed by atoms with Crippen LogP contribution in [0.1, 0.15) is 0 Å². The van der Waals surface area contributed by atoms with Crippen LogP contribution in [0.2, 0.25) is 10.0 Å². The number of thioether (sulfide) groups is 1. The van der Waals surface area contributed by atoms with Gasteiger partial charge in [0.05, 0.1) is 21.5 Å². The molecule has 1 atom stereocenters. The standard InChI is InChI=1S/C11H10Cl2N2O2S/c12-6-2-1-3-7(13)10(6)15-11(17)8-4-18-5-9(16)14-8/h1-3,8H,4-5H2,(H,14,16)(H,15,17). The average Bonchev–Trinajstić information content (AvgIpc) is 2.34. The minimum atomic E-state index is -0.552. The van der Waals surface area contributed by atoms with Crippen LogP contribution in [0.3, 0.4) is 0 Å². The third-order valence-electron chi connectivity index (χ3n) is 2.38. The van der Waals surface area contributed by atoms with Crippen molar-refractivity contribution in [2.75, 3.05) is 16.8 Å². The number of nitrogens with one attached hydrogen (secondary N) is 2. The van der Waals surface area contributed by atoms with Crippen molar-refractivity contribution in [3.05, 3.63) is 28.2 Å². The summed E-state index contributed by atoms with van der Waals surface area (Å²) in [6.45, 7) is 0. The molecule has 18 heavy (non-hydrogen) atoms. The highest BCUT2D eigenvalue weighted by molar-refractivity contribution is 8.00. The number of rotatable bonds is 2. The van der Waals surface area contributed by atoms with Gasteiger partial charge in [0.25, 0.3) is 0 Å². The summed E-state index contributed by atoms with van der Waals surface area (Å²) in [5.41, 5.74) is 0.371. The zero-order chi connectivity index (χ0) is 13.1. The number of benzene rings is 1. The Morgan fingerprint density at radius 1 is 1.39 bits per heavy atom. The maximum Gasteiger partial charge on any atom is 0.247 e. The van der Waals surface area contributed by atoms with E-state index in [0.29, 0.717) is 27.2 Å². The molecule has 1 unspecified atom stereocenters. The molecule has 0 aromatic heterocycles. The molecule has 2 rings (SSSR count). The van der Waals surface area contributed by atoms with Gasteiger partial charge < -0.3 is 10.6 Å². The molecule has 96 valence electrons. The first kappa shape index (κ1) is 13.5. The fourth-order valence-electron chi connectivity index (χ4n) is 1.52. The summed E-state index contributed by atoms with van der Waals surface area (Å²) >= 11 is 13.3. The van der Waals surface area contributed by atoms with Crippen molar-refractivity contribution in [3.63, 3.8) is 0 Å². The van der Waals surface area contributed by atoms with E-state index >= 15 is 0 Å². The van der Waals surface area contributed by atoms with Gasteiger partial charge in [-0.2, -0.15) is 0 Å². The number of carbonyl (C=O) groups is 2. The van der Waals surface area contributed by atoms with Gasteiger partial charge in [-0.1, -0.05) is 29.3 Å². The predicted octanol–water partition coefficient (Wildman–Crippen LogP) is 2.16. The van der Waals surface area contributed by atoms with E-state index in [2.05, 4.69) is 10.6 Å². The number of hydrogen-bond donors (Lipinski definition) is 2. The number of hydrogen-bond acceptors (Lipinski definition) is 3. The van der Waals surface area contributed by atoms with Crippen LogP contribution in [0.4, 0.5) is 5.69 Å². The Labute approximate surface area is 118 Å². The van der Waals surface area contributed by atoms with E-state index in [4.69, 9.17) is 23.2 Å². The topological polar surface area (TPSA) is 58.2 Å². The van der Waals surface area contributed by atoms with Crippen LogP contribution in [0, 0.1) is 0 Å². The molecule has 0 spiro atoms. The van der Waals surface area contributed by atoms with Gasteiger partial charge in [0, 0.05) is 5.75 Å². The minimum Gasteiger partial charge on any atom is -0.343 e. The summed E-state index contributed by atoms with van der Waals surface area (Å²) in [4.78, 5) is 23.2. The van der Waals surface area contributed by atoms with Crippen LogP contribution < -0.4 is 10.6 Å². The Kier molecular flexibility index (Phi) is 4.37. The summed E-state index contributed by atoms with van der Waals surface area (Å²) in [6.07, 6.45) is 0. The lowest BCUT2D eigenvalue weighted by Gasteiger charge is -2.22. The number of halogens is 2. The first-order chi connectivity index (χ1) is 8.58. The quantitative estimate of drug-likeness (QED) is 0.880. The first-order valence-corrected chi connectivity index (χ1v) is 7.11. The SMILES string of the molecule is O=C1CSCC(C(=O)Nc2c(Cl)cccc2Cl)N1. The van der Waals surface area contributed by atoms with E-state index in [1.807, 2.05) is 0 Å². The van der Waals surface area contributed by atoms with Crippen LogP contribution in [0.25, 0.3) is 0 Å². The highest BCUT2D eigenvalue weighted by Crippen LogP contribution is 2.30. The van der Waals surface area contributed by atoms with E-state index < -0.39 is 6.04 Å². The second-order valence-electron chi connectivity index (χ2n) is 3.72. The van der Waals surface area contributed by atoms with Gasteiger partial charge in [-0.25, -0.2) is 0 Å². The number of carbonyl (C=O) groups excluding carboxylic acids is 2. The van der Waals surface area contributed by atoms with Gasteiger partial charge in [0.15, 0.2) is 0 Å². The molecule has 1 aromatic carbocycles. The molecule has 1 heterocycles. The van der Waals surface area contributed by atoms with Gasteiger partial charge in [0.1, 0.15) is 6.04 Å². The highest BCUT2D eigenvalue weighted by atomic mass is 35.5.